The van der Waals surface area contributed by atoms with Crippen LogP contribution in [-0.2, 0) is 6.61 Å². The highest BCUT2D eigenvalue weighted by Gasteiger charge is 2.06. The van der Waals surface area contributed by atoms with E-state index >= 15 is 0 Å². The average molecular weight is 315 g/mol. The van der Waals surface area contributed by atoms with Crippen LogP contribution in [0.15, 0.2) is 66.7 Å². The van der Waals surface area contributed by atoms with Crippen LogP contribution in [0.4, 0.5) is 0 Å². The lowest BCUT2D eigenvalue weighted by Crippen LogP contribution is -1.97. The summed E-state index contributed by atoms with van der Waals surface area (Å²) in [7, 11) is 0. The molecular weight excluding hydrogens is 298 g/mol. The van der Waals surface area contributed by atoms with E-state index in [-0.39, 0.29) is 0 Å². The van der Waals surface area contributed by atoms with Crippen LogP contribution in [-0.4, -0.2) is 15.2 Å². The molecule has 0 unspecified atom stereocenters. The van der Waals surface area contributed by atoms with Crippen molar-refractivity contribution in [3.8, 4) is 17.1 Å². The summed E-state index contributed by atoms with van der Waals surface area (Å²) in [5.74, 6) is 2.22. The van der Waals surface area contributed by atoms with Crippen LogP contribution in [0.25, 0.3) is 22.2 Å². The fourth-order valence-electron chi connectivity index (χ4n) is 2.60. The van der Waals surface area contributed by atoms with Crippen molar-refractivity contribution >= 4 is 10.8 Å². The first-order valence-electron chi connectivity index (χ1n) is 7.88. The third-order valence-electron chi connectivity index (χ3n) is 3.94. The number of nitrogens with one attached hydrogen (secondary N) is 1. The van der Waals surface area contributed by atoms with Crippen LogP contribution in [0.5, 0.6) is 5.75 Å². The number of benzene rings is 3. The molecule has 118 valence electrons. The maximum atomic E-state index is 5.83. The summed E-state index contributed by atoms with van der Waals surface area (Å²) in [6.07, 6.45) is 0. The Morgan fingerprint density at radius 2 is 1.71 bits per heavy atom. The third kappa shape index (κ3) is 2.99. The summed E-state index contributed by atoms with van der Waals surface area (Å²) in [4.78, 5) is 4.50. The first kappa shape index (κ1) is 14.5. The van der Waals surface area contributed by atoms with Crippen molar-refractivity contribution in [1.29, 1.82) is 0 Å². The maximum Gasteiger partial charge on any atom is 0.181 e. The van der Waals surface area contributed by atoms with Crippen LogP contribution in [0, 0.1) is 6.92 Å². The van der Waals surface area contributed by atoms with Gasteiger partial charge in [0.25, 0.3) is 0 Å². The molecule has 0 bridgehead atoms. The highest BCUT2D eigenvalue weighted by atomic mass is 16.5. The zero-order chi connectivity index (χ0) is 16.4. The molecule has 1 N–H and O–H groups in total. The summed E-state index contributed by atoms with van der Waals surface area (Å²) in [6.45, 7) is 2.42. The van der Waals surface area contributed by atoms with E-state index in [9.17, 15) is 0 Å². The third-order valence-corrected chi connectivity index (χ3v) is 3.94. The monoisotopic (exact) mass is 315 g/mol. The molecule has 0 aliphatic rings. The lowest BCUT2D eigenvalue weighted by Gasteiger charge is -2.05. The molecule has 0 fully saturated rings. The van der Waals surface area contributed by atoms with Crippen LogP contribution in [0.2, 0.25) is 0 Å². The zero-order valence-electron chi connectivity index (χ0n) is 13.4. The molecule has 0 aliphatic carbocycles. The molecule has 4 heteroatoms. The number of hydrogen-bond donors (Lipinski definition) is 1. The van der Waals surface area contributed by atoms with Gasteiger partial charge >= 0.3 is 0 Å². The quantitative estimate of drug-likeness (QED) is 0.602. The number of aromatic amines is 1. The van der Waals surface area contributed by atoms with Crippen molar-refractivity contribution < 1.29 is 4.74 Å². The molecule has 3 aromatic carbocycles. The van der Waals surface area contributed by atoms with Gasteiger partial charge in [-0.2, -0.15) is 5.10 Å². The molecule has 1 aromatic heterocycles. The molecule has 0 atom stereocenters. The summed E-state index contributed by atoms with van der Waals surface area (Å²) < 4.78 is 5.83. The van der Waals surface area contributed by atoms with Crippen molar-refractivity contribution in [2.24, 2.45) is 0 Å². The molecule has 4 rings (SSSR count). The molecule has 0 saturated carbocycles. The number of aryl methyl sites for hydroxylation is 1. The molecule has 0 aliphatic heterocycles. The molecule has 24 heavy (non-hydrogen) atoms. The predicted molar refractivity (Wildman–Crippen MR) is 94.8 cm³/mol. The van der Waals surface area contributed by atoms with Gasteiger partial charge in [0, 0.05) is 5.56 Å². The molecule has 4 aromatic rings. The van der Waals surface area contributed by atoms with Crippen molar-refractivity contribution in [3.05, 3.63) is 78.1 Å². The minimum atomic E-state index is 0.358. The Morgan fingerprint density at radius 3 is 2.54 bits per heavy atom. The van der Waals surface area contributed by atoms with E-state index in [1.54, 1.807) is 0 Å². The lowest BCUT2D eigenvalue weighted by molar-refractivity contribution is 0.297. The Bertz CT molecular complexity index is 974. The van der Waals surface area contributed by atoms with Gasteiger partial charge in [-0.15, -0.1) is 0 Å². The van der Waals surface area contributed by atoms with Crippen LogP contribution in [0.3, 0.4) is 0 Å². The maximum absolute atomic E-state index is 5.83. The number of rotatable bonds is 4. The molecule has 1 heterocycles. The van der Waals surface area contributed by atoms with Gasteiger partial charge in [0.2, 0.25) is 0 Å². The second-order valence-electron chi connectivity index (χ2n) is 5.77. The van der Waals surface area contributed by atoms with E-state index in [1.807, 2.05) is 36.4 Å². The topological polar surface area (TPSA) is 50.8 Å². The Labute approximate surface area is 140 Å². The Balaban J connectivity index is 1.48. The van der Waals surface area contributed by atoms with Crippen molar-refractivity contribution in [3.63, 3.8) is 0 Å². The SMILES string of the molecule is Cc1ccc(-c2n[nH]c(COc3ccc4ccccc4c3)n2)cc1. The highest BCUT2D eigenvalue weighted by molar-refractivity contribution is 5.83. The number of hydrogen-bond acceptors (Lipinski definition) is 3. The summed E-state index contributed by atoms with van der Waals surface area (Å²) in [6, 6.07) is 22.4. The van der Waals surface area contributed by atoms with E-state index in [0.29, 0.717) is 18.3 Å². The molecule has 4 nitrogen and oxygen atoms in total. The van der Waals surface area contributed by atoms with Gasteiger partial charge in [-0.3, -0.25) is 5.10 Å². The van der Waals surface area contributed by atoms with Crippen LogP contribution in [0.1, 0.15) is 11.4 Å². The van der Waals surface area contributed by atoms with Gasteiger partial charge in [0.05, 0.1) is 0 Å². The number of ether oxygens (including phenoxy) is 1. The van der Waals surface area contributed by atoms with Crippen molar-refractivity contribution in [2.45, 2.75) is 13.5 Å². The van der Waals surface area contributed by atoms with E-state index in [4.69, 9.17) is 4.74 Å². The number of nitrogens with zero attached hydrogens (tertiary/aromatic N) is 2. The number of H-pyrrole nitrogens is 1. The molecule has 0 spiro atoms. The fourth-order valence-corrected chi connectivity index (χ4v) is 2.60. The summed E-state index contributed by atoms with van der Waals surface area (Å²) >= 11 is 0. The van der Waals surface area contributed by atoms with E-state index in [0.717, 1.165) is 16.7 Å². The molecule has 0 amide bonds. The average Bonchev–Trinajstić information content (AvgIpc) is 3.09. The Morgan fingerprint density at radius 1 is 0.917 bits per heavy atom. The van der Waals surface area contributed by atoms with Gasteiger partial charge in [-0.05, 0) is 29.8 Å². The Hall–Kier alpha value is -3.14. The lowest BCUT2D eigenvalue weighted by atomic mass is 10.1. The van der Waals surface area contributed by atoms with Gasteiger partial charge < -0.3 is 4.74 Å². The van der Waals surface area contributed by atoms with E-state index < -0.39 is 0 Å². The smallest absolute Gasteiger partial charge is 0.181 e. The molecule has 0 saturated heterocycles. The first-order valence-corrected chi connectivity index (χ1v) is 7.88. The predicted octanol–water partition coefficient (Wildman–Crippen LogP) is 4.51. The van der Waals surface area contributed by atoms with Crippen molar-refractivity contribution in [1.82, 2.24) is 15.2 Å². The highest BCUT2D eigenvalue weighted by Crippen LogP contribution is 2.21. The van der Waals surface area contributed by atoms with Crippen LogP contribution < -0.4 is 4.74 Å². The fraction of sp³-hybridized carbons (Fsp3) is 0.100. The normalized spacial score (nSPS) is 10.9. The Kier molecular flexibility index (Phi) is 3.71. The standard InChI is InChI=1S/C20H17N3O/c1-14-6-8-16(9-7-14)20-21-19(22-23-20)13-24-18-11-10-15-4-2-3-5-17(15)12-18/h2-12H,13H2,1H3,(H,21,22,23). The number of fused-ring (bicyclic) bond motifs is 1. The van der Waals surface area contributed by atoms with Crippen molar-refractivity contribution in [2.75, 3.05) is 0 Å². The minimum Gasteiger partial charge on any atom is -0.486 e. The second kappa shape index (κ2) is 6.16. The van der Waals surface area contributed by atoms with Gasteiger partial charge in [0.15, 0.2) is 11.6 Å². The van der Waals surface area contributed by atoms with Crippen LogP contribution >= 0.6 is 0 Å². The molecule has 0 radical (unpaired) electrons. The van der Waals surface area contributed by atoms with Gasteiger partial charge in [-0.25, -0.2) is 4.98 Å². The minimum absolute atomic E-state index is 0.358. The summed E-state index contributed by atoms with van der Waals surface area (Å²) in [5.41, 5.74) is 2.21. The van der Waals surface area contributed by atoms with E-state index in [2.05, 4.69) is 52.4 Å². The second-order valence-corrected chi connectivity index (χ2v) is 5.77. The van der Waals surface area contributed by atoms with Gasteiger partial charge in [-0.1, -0.05) is 60.2 Å². The molecular formula is C20H17N3O. The van der Waals surface area contributed by atoms with Gasteiger partial charge in [0.1, 0.15) is 12.4 Å². The zero-order valence-corrected chi connectivity index (χ0v) is 13.4. The summed E-state index contributed by atoms with van der Waals surface area (Å²) in [5, 5.41) is 9.56. The van der Waals surface area contributed by atoms with E-state index in [1.165, 1.54) is 10.9 Å². The first-order chi connectivity index (χ1) is 11.8. The number of aromatic nitrogens is 3. The largest absolute Gasteiger partial charge is 0.486 e.